The first-order valence-electron chi connectivity index (χ1n) is 6.80. The van der Waals surface area contributed by atoms with Gasteiger partial charge in [-0.1, -0.05) is 24.3 Å². The van der Waals surface area contributed by atoms with E-state index in [-0.39, 0.29) is 29.4 Å². The summed E-state index contributed by atoms with van der Waals surface area (Å²) in [5.74, 6) is -0.525. The molecule has 0 atom stereocenters. The van der Waals surface area contributed by atoms with Crippen molar-refractivity contribution in [2.75, 3.05) is 0 Å². The van der Waals surface area contributed by atoms with E-state index in [2.05, 4.69) is 0 Å². The van der Waals surface area contributed by atoms with Crippen molar-refractivity contribution in [1.29, 1.82) is 5.26 Å². The highest BCUT2D eigenvalue weighted by Gasteiger charge is 2.05. The van der Waals surface area contributed by atoms with Crippen LogP contribution in [-0.2, 0) is 6.42 Å². The van der Waals surface area contributed by atoms with Crippen molar-refractivity contribution < 1.29 is 20.4 Å². The molecule has 0 bridgehead atoms. The molecule has 4 N–H and O–H groups in total. The van der Waals surface area contributed by atoms with Crippen LogP contribution < -0.4 is 0 Å². The first-order chi connectivity index (χ1) is 11.0. The van der Waals surface area contributed by atoms with Gasteiger partial charge in [0.15, 0.2) is 11.5 Å². The minimum atomic E-state index is -0.217. The number of rotatable bonds is 4. The molecular formula is C18H15NO4. The summed E-state index contributed by atoms with van der Waals surface area (Å²) in [5.41, 5.74) is 1.62. The molecule has 0 fully saturated rings. The maximum absolute atomic E-state index is 9.73. The standard InChI is InChI=1S/C18H15NO4/c19-11-13(8-14-5-6-15(20)10-17(14)22)3-1-2-12-4-7-16(21)18(23)9-12/h1-7,9-10,20-23H,8H2/b2-1+,13-3+. The van der Waals surface area contributed by atoms with E-state index in [1.54, 1.807) is 30.4 Å². The Morgan fingerprint density at radius 2 is 1.74 bits per heavy atom. The van der Waals surface area contributed by atoms with Gasteiger partial charge in [-0.3, -0.25) is 0 Å². The quantitative estimate of drug-likeness (QED) is 0.394. The molecule has 2 rings (SSSR count). The summed E-state index contributed by atoms with van der Waals surface area (Å²) in [6, 6.07) is 10.7. The van der Waals surface area contributed by atoms with E-state index in [1.165, 1.54) is 24.3 Å². The molecule has 23 heavy (non-hydrogen) atoms. The maximum Gasteiger partial charge on any atom is 0.157 e. The fourth-order valence-corrected chi connectivity index (χ4v) is 1.96. The molecule has 0 aliphatic heterocycles. The van der Waals surface area contributed by atoms with E-state index in [1.807, 2.05) is 6.07 Å². The van der Waals surface area contributed by atoms with Crippen LogP contribution in [0.2, 0.25) is 0 Å². The number of nitriles is 1. The van der Waals surface area contributed by atoms with Gasteiger partial charge in [0, 0.05) is 18.1 Å². The van der Waals surface area contributed by atoms with Crippen LogP contribution in [0.3, 0.4) is 0 Å². The topological polar surface area (TPSA) is 105 Å². The minimum absolute atomic E-state index is 0.0410. The molecule has 0 unspecified atom stereocenters. The molecule has 0 aromatic heterocycles. The van der Waals surface area contributed by atoms with Gasteiger partial charge in [-0.25, -0.2) is 0 Å². The third kappa shape index (κ3) is 4.29. The number of benzene rings is 2. The predicted octanol–water partition coefficient (Wildman–Crippen LogP) is 3.21. The number of allylic oxidation sites excluding steroid dienone is 3. The van der Waals surface area contributed by atoms with Crippen molar-refractivity contribution in [2.45, 2.75) is 6.42 Å². The number of nitrogens with zero attached hydrogens (tertiary/aromatic N) is 1. The second kappa shape index (κ2) is 7.05. The molecule has 5 nitrogen and oxygen atoms in total. The van der Waals surface area contributed by atoms with E-state index in [4.69, 9.17) is 5.26 Å². The van der Waals surface area contributed by atoms with Gasteiger partial charge in [0.1, 0.15) is 11.5 Å². The third-order valence-corrected chi connectivity index (χ3v) is 3.18. The Labute approximate surface area is 133 Å². The fourth-order valence-electron chi connectivity index (χ4n) is 1.96. The molecule has 0 aliphatic carbocycles. The van der Waals surface area contributed by atoms with E-state index in [0.29, 0.717) is 16.7 Å². The lowest BCUT2D eigenvalue weighted by Crippen LogP contribution is -1.88. The van der Waals surface area contributed by atoms with Gasteiger partial charge in [-0.15, -0.1) is 0 Å². The summed E-state index contributed by atoms with van der Waals surface area (Å²) < 4.78 is 0. The summed E-state index contributed by atoms with van der Waals surface area (Å²) in [7, 11) is 0. The molecule has 0 heterocycles. The van der Waals surface area contributed by atoms with Gasteiger partial charge in [-0.2, -0.15) is 5.26 Å². The minimum Gasteiger partial charge on any atom is -0.508 e. The van der Waals surface area contributed by atoms with Crippen LogP contribution in [0.4, 0.5) is 0 Å². The van der Waals surface area contributed by atoms with Gasteiger partial charge in [0.2, 0.25) is 0 Å². The third-order valence-electron chi connectivity index (χ3n) is 3.18. The second-order valence-corrected chi connectivity index (χ2v) is 4.90. The van der Waals surface area contributed by atoms with E-state index in [9.17, 15) is 20.4 Å². The van der Waals surface area contributed by atoms with Crippen molar-refractivity contribution >= 4 is 6.08 Å². The number of phenolic OH excluding ortho intramolecular Hbond substituents is 4. The molecule has 0 saturated carbocycles. The summed E-state index contributed by atoms with van der Waals surface area (Å²) >= 11 is 0. The zero-order chi connectivity index (χ0) is 16.8. The lowest BCUT2D eigenvalue weighted by atomic mass is 10.0. The first kappa shape index (κ1) is 16.0. The molecule has 0 radical (unpaired) electrons. The number of phenols is 4. The lowest BCUT2D eigenvalue weighted by molar-refractivity contribution is 0.403. The van der Waals surface area contributed by atoms with Crippen LogP contribution in [-0.4, -0.2) is 20.4 Å². The highest BCUT2D eigenvalue weighted by Crippen LogP contribution is 2.26. The summed E-state index contributed by atoms with van der Waals surface area (Å²) in [5, 5.41) is 46.8. The molecule has 2 aromatic rings. The van der Waals surface area contributed by atoms with Crippen LogP contribution >= 0.6 is 0 Å². The Kier molecular flexibility index (Phi) is 4.90. The Morgan fingerprint density at radius 1 is 0.957 bits per heavy atom. The molecule has 116 valence electrons. The average Bonchev–Trinajstić information content (AvgIpc) is 2.52. The highest BCUT2D eigenvalue weighted by molar-refractivity contribution is 5.57. The number of hydrogen-bond acceptors (Lipinski definition) is 5. The molecule has 0 saturated heterocycles. The average molecular weight is 309 g/mol. The van der Waals surface area contributed by atoms with Crippen LogP contribution in [0.1, 0.15) is 11.1 Å². The summed E-state index contributed by atoms with van der Waals surface area (Å²) in [6.45, 7) is 0. The van der Waals surface area contributed by atoms with E-state index < -0.39 is 0 Å². The predicted molar refractivity (Wildman–Crippen MR) is 86.0 cm³/mol. The SMILES string of the molecule is N#C/C(=C/C=C/c1ccc(O)c(O)c1)Cc1ccc(O)cc1O. The Morgan fingerprint density at radius 3 is 2.39 bits per heavy atom. The number of hydrogen-bond donors (Lipinski definition) is 4. The zero-order valence-electron chi connectivity index (χ0n) is 12.1. The van der Waals surface area contributed by atoms with Gasteiger partial charge in [-0.05, 0) is 35.4 Å². The number of aromatic hydroxyl groups is 4. The largest absolute Gasteiger partial charge is 0.508 e. The Hall–Kier alpha value is -3.39. The molecular weight excluding hydrogens is 294 g/mol. The first-order valence-corrected chi connectivity index (χ1v) is 6.80. The van der Waals surface area contributed by atoms with Gasteiger partial charge >= 0.3 is 0 Å². The van der Waals surface area contributed by atoms with Crippen LogP contribution in [0, 0.1) is 11.3 Å². The smallest absolute Gasteiger partial charge is 0.157 e. The molecule has 0 amide bonds. The zero-order valence-corrected chi connectivity index (χ0v) is 12.1. The van der Waals surface area contributed by atoms with Gasteiger partial charge in [0.05, 0.1) is 6.07 Å². The van der Waals surface area contributed by atoms with Crippen LogP contribution in [0.5, 0.6) is 23.0 Å². The maximum atomic E-state index is 9.73. The van der Waals surface area contributed by atoms with Crippen molar-refractivity contribution in [1.82, 2.24) is 0 Å². The van der Waals surface area contributed by atoms with Crippen LogP contribution in [0.25, 0.3) is 6.08 Å². The normalized spacial score (nSPS) is 11.5. The Balaban J connectivity index is 2.14. The Bertz CT molecular complexity index is 816. The molecule has 0 spiro atoms. The lowest BCUT2D eigenvalue weighted by Gasteiger charge is -2.03. The van der Waals surface area contributed by atoms with Crippen molar-refractivity contribution in [2.24, 2.45) is 0 Å². The van der Waals surface area contributed by atoms with E-state index >= 15 is 0 Å². The van der Waals surface area contributed by atoms with E-state index in [0.717, 1.165) is 0 Å². The molecule has 2 aromatic carbocycles. The van der Waals surface area contributed by atoms with Gasteiger partial charge < -0.3 is 20.4 Å². The summed E-state index contributed by atoms with van der Waals surface area (Å²) in [4.78, 5) is 0. The van der Waals surface area contributed by atoms with Crippen molar-refractivity contribution in [3.63, 3.8) is 0 Å². The monoisotopic (exact) mass is 309 g/mol. The molecule has 0 aliphatic rings. The van der Waals surface area contributed by atoms with Crippen LogP contribution in [0.15, 0.2) is 54.1 Å². The van der Waals surface area contributed by atoms with Crippen molar-refractivity contribution in [3.8, 4) is 29.1 Å². The molecule has 5 heteroatoms. The summed E-state index contributed by atoms with van der Waals surface area (Å²) in [6.07, 6.45) is 5.14. The highest BCUT2D eigenvalue weighted by atomic mass is 16.3. The second-order valence-electron chi connectivity index (χ2n) is 4.90. The van der Waals surface area contributed by atoms with Gasteiger partial charge in [0.25, 0.3) is 0 Å². The van der Waals surface area contributed by atoms with Crippen molar-refractivity contribution in [3.05, 3.63) is 65.3 Å². The fraction of sp³-hybridized carbons (Fsp3) is 0.0556.